The van der Waals surface area contributed by atoms with Crippen molar-refractivity contribution >= 4 is 22.6 Å². The molecule has 4 nitrogen and oxygen atoms in total. The van der Waals surface area contributed by atoms with Crippen molar-refractivity contribution in [2.24, 2.45) is 5.41 Å². The molecule has 0 saturated carbocycles. The van der Waals surface area contributed by atoms with Gasteiger partial charge in [0, 0.05) is 31.1 Å². The number of nitrogens with zero attached hydrogens (tertiary/aromatic N) is 1. The van der Waals surface area contributed by atoms with E-state index < -0.39 is 0 Å². The number of rotatable bonds is 3. The zero-order chi connectivity index (χ0) is 18.7. The Morgan fingerprint density at radius 1 is 1.04 bits per heavy atom. The number of hydrogen-bond acceptors (Lipinski definition) is 2. The van der Waals surface area contributed by atoms with Gasteiger partial charge in [-0.15, -0.1) is 0 Å². The number of hydrogen-bond donors (Lipinski definition) is 1. The molecule has 0 unspecified atom stereocenters. The Morgan fingerprint density at radius 3 is 2.38 bits per heavy atom. The van der Waals surface area contributed by atoms with Gasteiger partial charge in [-0.25, -0.2) is 0 Å². The van der Waals surface area contributed by atoms with Crippen molar-refractivity contribution in [3.8, 4) is 0 Å². The minimum absolute atomic E-state index is 0.00484. The molecule has 2 aromatic carbocycles. The number of benzene rings is 2. The van der Waals surface area contributed by atoms with Gasteiger partial charge in [-0.2, -0.15) is 0 Å². The summed E-state index contributed by atoms with van der Waals surface area (Å²) < 4.78 is 0. The summed E-state index contributed by atoms with van der Waals surface area (Å²) in [6, 6.07) is 14.0. The molecule has 0 aliphatic carbocycles. The van der Waals surface area contributed by atoms with E-state index in [9.17, 15) is 9.59 Å². The van der Waals surface area contributed by atoms with Gasteiger partial charge < -0.3 is 10.2 Å². The van der Waals surface area contributed by atoms with Gasteiger partial charge in [0.2, 0.25) is 5.91 Å². The number of piperidine rings is 1. The average Bonchev–Trinajstić information content (AvgIpc) is 2.59. The topological polar surface area (TPSA) is 49.4 Å². The Kier molecular flexibility index (Phi) is 5.30. The first-order valence-corrected chi connectivity index (χ1v) is 9.40. The highest BCUT2D eigenvalue weighted by Gasteiger charge is 2.26. The van der Waals surface area contributed by atoms with Crippen LogP contribution in [-0.4, -0.2) is 35.8 Å². The van der Waals surface area contributed by atoms with Crippen LogP contribution in [0.15, 0.2) is 42.5 Å². The summed E-state index contributed by atoms with van der Waals surface area (Å²) >= 11 is 0. The van der Waals surface area contributed by atoms with Gasteiger partial charge in [0.15, 0.2) is 0 Å². The van der Waals surface area contributed by atoms with Gasteiger partial charge in [-0.1, -0.05) is 57.2 Å². The average molecular weight is 352 g/mol. The van der Waals surface area contributed by atoms with Crippen LogP contribution in [0.5, 0.6) is 0 Å². The monoisotopic (exact) mass is 352 g/mol. The SMILES string of the molecule is CC(C)(C)CC(=O)NC1CCN(C(=O)c2cccc3ccccc23)CC1. The Balaban J connectivity index is 1.61. The second-order valence-corrected chi connectivity index (χ2v) is 8.40. The Morgan fingerprint density at radius 2 is 1.69 bits per heavy atom. The fourth-order valence-corrected chi connectivity index (χ4v) is 3.57. The molecule has 1 aliphatic heterocycles. The maximum atomic E-state index is 13.0. The van der Waals surface area contributed by atoms with Gasteiger partial charge >= 0.3 is 0 Å². The van der Waals surface area contributed by atoms with E-state index in [4.69, 9.17) is 0 Å². The highest BCUT2D eigenvalue weighted by molar-refractivity contribution is 6.07. The summed E-state index contributed by atoms with van der Waals surface area (Å²) in [5.74, 6) is 0.192. The van der Waals surface area contributed by atoms with E-state index in [0.29, 0.717) is 19.5 Å². The normalized spacial score (nSPS) is 15.9. The number of amides is 2. The first-order chi connectivity index (χ1) is 12.3. The smallest absolute Gasteiger partial charge is 0.254 e. The number of likely N-dealkylation sites (tertiary alicyclic amines) is 1. The Labute approximate surface area is 155 Å². The lowest BCUT2D eigenvalue weighted by Crippen LogP contribution is -2.47. The highest BCUT2D eigenvalue weighted by atomic mass is 16.2. The van der Waals surface area contributed by atoms with E-state index in [2.05, 4.69) is 26.1 Å². The summed E-state index contributed by atoms with van der Waals surface area (Å²) in [6.07, 6.45) is 2.15. The van der Waals surface area contributed by atoms with Crippen molar-refractivity contribution in [2.75, 3.05) is 13.1 Å². The molecule has 1 saturated heterocycles. The highest BCUT2D eigenvalue weighted by Crippen LogP contribution is 2.22. The Bertz CT molecular complexity index is 794. The molecule has 3 rings (SSSR count). The fourth-order valence-electron chi connectivity index (χ4n) is 3.57. The molecule has 0 radical (unpaired) electrons. The van der Waals surface area contributed by atoms with Crippen molar-refractivity contribution in [1.29, 1.82) is 0 Å². The van der Waals surface area contributed by atoms with Crippen molar-refractivity contribution in [3.63, 3.8) is 0 Å². The number of carbonyl (C=O) groups excluding carboxylic acids is 2. The number of fused-ring (bicyclic) bond motifs is 1. The zero-order valence-corrected chi connectivity index (χ0v) is 15.9. The lowest BCUT2D eigenvalue weighted by molar-refractivity contribution is -0.123. The minimum atomic E-state index is -0.00484. The maximum Gasteiger partial charge on any atom is 0.254 e. The third kappa shape index (κ3) is 4.43. The molecule has 1 aliphatic rings. The quantitative estimate of drug-likeness (QED) is 0.908. The molecule has 0 atom stereocenters. The minimum Gasteiger partial charge on any atom is -0.353 e. The van der Waals surface area contributed by atoms with E-state index in [0.717, 1.165) is 29.2 Å². The van der Waals surface area contributed by atoms with Crippen LogP contribution in [0.3, 0.4) is 0 Å². The van der Waals surface area contributed by atoms with Crippen molar-refractivity contribution in [1.82, 2.24) is 10.2 Å². The largest absolute Gasteiger partial charge is 0.353 e. The summed E-state index contributed by atoms with van der Waals surface area (Å²) in [4.78, 5) is 27.0. The predicted octanol–water partition coefficient (Wildman–Crippen LogP) is 4.00. The molecule has 0 bridgehead atoms. The first kappa shape index (κ1) is 18.4. The molecular weight excluding hydrogens is 324 g/mol. The summed E-state index contributed by atoms with van der Waals surface area (Å²) in [5, 5.41) is 5.21. The summed E-state index contributed by atoms with van der Waals surface area (Å²) in [5.41, 5.74) is 0.757. The fraction of sp³-hybridized carbons (Fsp3) is 0.455. The molecule has 138 valence electrons. The maximum absolute atomic E-state index is 13.0. The first-order valence-electron chi connectivity index (χ1n) is 9.40. The van der Waals surface area contributed by atoms with E-state index in [1.165, 1.54) is 0 Å². The molecule has 0 aromatic heterocycles. The van der Waals surface area contributed by atoms with Gasteiger partial charge in [0.1, 0.15) is 0 Å². The van der Waals surface area contributed by atoms with E-state index in [1.54, 1.807) is 0 Å². The molecule has 1 N–H and O–H groups in total. The molecule has 1 fully saturated rings. The van der Waals surface area contributed by atoms with Crippen LogP contribution in [0.1, 0.15) is 50.4 Å². The van der Waals surface area contributed by atoms with Crippen molar-refractivity contribution < 1.29 is 9.59 Å². The molecule has 0 spiro atoms. The summed E-state index contributed by atoms with van der Waals surface area (Å²) in [6.45, 7) is 7.57. The second-order valence-electron chi connectivity index (χ2n) is 8.40. The zero-order valence-electron chi connectivity index (χ0n) is 15.9. The van der Waals surface area contributed by atoms with E-state index in [-0.39, 0.29) is 23.3 Å². The number of carbonyl (C=O) groups is 2. The molecule has 2 aromatic rings. The third-order valence-electron chi connectivity index (χ3n) is 4.86. The van der Waals surface area contributed by atoms with Gasteiger partial charge in [0.05, 0.1) is 0 Å². The lowest BCUT2D eigenvalue weighted by atomic mass is 9.91. The number of nitrogens with one attached hydrogen (secondary N) is 1. The van der Waals surface area contributed by atoms with Gasteiger partial charge in [-0.3, -0.25) is 9.59 Å². The molecular formula is C22H28N2O2. The van der Waals surface area contributed by atoms with Crippen molar-refractivity contribution in [3.05, 3.63) is 48.0 Å². The van der Waals surface area contributed by atoms with Crippen LogP contribution < -0.4 is 5.32 Å². The third-order valence-corrected chi connectivity index (χ3v) is 4.86. The molecule has 1 heterocycles. The molecule has 4 heteroatoms. The van der Waals surface area contributed by atoms with Crippen LogP contribution in [0.4, 0.5) is 0 Å². The Hall–Kier alpha value is -2.36. The summed E-state index contributed by atoms with van der Waals surface area (Å²) in [7, 11) is 0. The van der Waals surface area contributed by atoms with Crippen LogP contribution in [0.2, 0.25) is 0 Å². The predicted molar refractivity (Wildman–Crippen MR) is 105 cm³/mol. The van der Waals surface area contributed by atoms with Crippen LogP contribution in [-0.2, 0) is 4.79 Å². The van der Waals surface area contributed by atoms with Gasteiger partial charge in [0.25, 0.3) is 5.91 Å². The lowest BCUT2D eigenvalue weighted by Gasteiger charge is -2.33. The second kappa shape index (κ2) is 7.48. The van der Waals surface area contributed by atoms with Crippen LogP contribution >= 0.6 is 0 Å². The van der Waals surface area contributed by atoms with E-state index in [1.807, 2.05) is 47.4 Å². The van der Waals surface area contributed by atoms with Crippen LogP contribution in [0, 0.1) is 5.41 Å². The van der Waals surface area contributed by atoms with E-state index >= 15 is 0 Å². The standard InChI is InChI=1S/C22H28N2O2/c1-22(2,3)15-20(25)23-17-11-13-24(14-12-17)21(26)19-10-6-8-16-7-4-5-9-18(16)19/h4-10,17H,11-15H2,1-3H3,(H,23,25). The molecule has 2 amide bonds. The van der Waals surface area contributed by atoms with Crippen LogP contribution in [0.25, 0.3) is 10.8 Å². The van der Waals surface area contributed by atoms with Gasteiger partial charge in [-0.05, 0) is 35.1 Å². The van der Waals surface area contributed by atoms with Crippen molar-refractivity contribution in [2.45, 2.75) is 46.1 Å². The molecule has 26 heavy (non-hydrogen) atoms.